The maximum absolute atomic E-state index is 13.1. The molecule has 146 valence electrons. The smallest absolute Gasteiger partial charge is 0.262 e. The van der Waals surface area contributed by atoms with Crippen LogP contribution in [0.3, 0.4) is 0 Å². The summed E-state index contributed by atoms with van der Waals surface area (Å²) in [5.41, 5.74) is 0.595. The van der Waals surface area contributed by atoms with Crippen molar-refractivity contribution in [2.24, 2.45) is 0 Å². The summed E-state index contributed by atoms with van der Waals surface area (Å²) < 4.78 is 7.42. The summed E-state index contributed by atoms with van der Waals surface area (Å²) in [4.78, 5) is 32.3. The molecular weight excluding hydrogens is 362 g/mol. The van der Waals surface area contributed by atoms with Gasteiger partial charge in [0.1, 0.15) is 0 Å². The molecule has 27 heavy (non-hydrogen) atoms. The molecule has 1 aromatic heterocycles. The lowest BCUT2D eigenvalue weighted by Gasteiger charge is -2.23. The molecule has 0 spiro atoms. The fourth-order valence-corrected chi connectivity index (χ4v) is 4.39. The van der Waals surface area contributed by atoms with Crippen molar-refractivity contribution in [2.45, 2.75) is 56.7 Å². The van der Waals surface area contributed by atoms with Crippen molar-refractivity contribution in [1.29, 1.82) is 0 Å². The fourth-order valence-electron chi connectivity index (χ4n) is 3.39. The Morgan fingerprint density at radius 2 is 2.11 bits per heavy atom. The van der Waals surface area contributed by atoms with Gasteiger partial charge in [0.25, 0.3) is 5.56 Å². The Balaban J connectivity index is 1.96. The zero-order valence-electron chi connectivity index (χ0n) is 16.2. The first-order valence-corrected chi connectivity index (χ1v) is 10.5. The highest BCUT2D eigenvalue weighted by atomic mass is 32.2. The molecule has 0 saturated carbocycles. The molecule has 0 bridgehead atoms. The lowest BCUT2D eigenvalue weighted by atomic mass is 10.2. The van der Waals surface area contributed by atoms with Crippen LogP contribution in [-0.2, 0) is 16.1 Å². The van der Waals surface area contributed by atoms with E-state index in [2.05, 4.69) is 0 Å². The molecule has 1 aliphatic rings. The Morgan fingerprint density at radius 1 is 1.37 bits per heavy atom. The van der Waals surface area contributed by atoms with Gasteiger partial charge in [0.05, 0.1) is 28.8 Å². The topological polar surface area (TPSA) is 64.4 Å². The van der Waals surface area contributed by atoms with E-state index in [0.29, 0.717) is 35.7 Å². The number of hydrogen-bond donors (Lipinski definition) is 0. The van der Waals surface area contributed by atoms with Crippen molar-refractivity contribution >= 4 is 28.6 Å². The average molecular weight is 390 g/mol. The highest BCUT2D eigenvalue weighted by molar-refractivity contribution is 8.00. The summed E-state index contributed by atoms with van der Waals surface area (Å²) in [7, 11) is 0. The van der Waals surface area contributed by atoms with E-state index in [0.717, 1.165) is 19.4 Å². The standard InChI is InChI=1S/C20H27N3O3S/c1-4-22(5-2)18(24)14(3)27-20-21-17-11-7-6-10-16(17)19(25)23(20)13-15-9-8-12-26-15/h6-7,10-11,14-15H,4-5,8-9,12-13H2,1-3H3. The van der Waals surface area contributed by atoms with Gasteiger partial charge in [0.2, 0.25) is 5.91 Å². The summed E-state index contributed by atoms with van der Waals surface area (Å²) in [6.45, 7) is 8.39. The number of hydrogen-bond acceptors (Lipinski definition) is 5. The second-order valence-corrected chi connectivity index (χ2v) is 8.04. The monoisotopic (exact) mass is 389 g/mol. The molecule has 2 unspecified atom stereocenters. The van der Waals surface area contributed by atoms with Crippen molar-refractivity contribution < 1.29 is 9.53 Å². The Bertz CT molecular complexity index is 857. The summed E-state index contributed by atoms with van der Waals surface area (Å²) >= 11 is 1.35. The summed E-state index contributed by atoms with van der Waals surface area (Å²) in [5.74, 6) is 0.0658. The van der Waals surface area contributed by atoms with Gasteiger partial charge < -0.3 is 9.64 Å². The van der Waals surface area contributed by atoms with E-state index < -0.39 is 0 Å². The number of fused-ring (bicyclic) bond motifs is 1. The van der Waals surface area contributed by atoms with Crippen LogP contribution in [0, 0.1) is 0 Å². The van der Waals surface area contributed by atoms with Gasteiger partial charge in [-0.05, 0) is 45.7 Å². The van der Waals surface area contributed by atoms with Gasteiger partial charge in [0, 0.05) is 19.7 Å². The summed E-state index contributed by atoms with van der Waals surface area (Å²) in [6.07, 6.45) is 1.98. The molecule has 2 atom stereocenters. The molecule has 2 aromatic rings. The summed E-state index contributed by atoms with van der Waals surface area (Å²) in [6, 6.07) is 7.36. The highest BCUT2D eigenvalue weighted by Gasteiger charge is 2.24. The molecule has 1 saturated heterocycles. The largest absolute Gasteiger partial charge is 0.376 e. The molecule has 1 fully saturated rings. The average Bonchev–Trinajstić information content (AvgIpc) is 3.19. The predicted octanol–water partition coefficient (Wildman–Crippen LogP) is 2.92. The van der Waals surface area contributed by atoms with Crippen LogP contribution in [0.4, 0.5) is 0 Å². The quantitative estimate of drug-likeness (QED) is 0.538. The summed E-state index contributed by atoms with van der Waals surface area (Å²) in [5, 5.41) is 0.874. The molecule has 1 aliphatic heterocycles. The second kappa shape index (κ2) is 8.89. The molecular formula is C20H27N3O3S. The normalized spacial score (nSPS) is 18.0. The number of rotatable bonds is 7. The van der Waals surface area contributed by atoms with Gasteiger partial charge in [0.15, 0.2) is 5.16 Å². The van der Waals surface area contributed by atoms with Crippen molar-refractivity contribution in [1.82, 2.24) is 14.5 Å². The number of carbonyl (C=O) groups excluding carboxylic acids is 1. The van der Waals surface area contributed by atoms with Crippen LogP contribution in [0.2, 0.25) is 0 Å². The van der Waals surface area contributed by atoms with Gasteiger partial charge in [-0.15, -0.1) is 0 Å². The molecule has 1 amide bonds. The third kappa shape index (κ3) is 4.35. The van der Waals surface area contributed by atoms with E-state index in [1.165, 1.54) is 11.8 Å². The third-order valence-electron chi connectivity index (χ3n) is 4.94. The van der Waals surface area contributed by atoms with Crippen LogP contribution in [0.15, 0.2) is 34.2 Å². The van der Waals surface area contributed by atoms with E-state index in [1.54, 1.807) is 15.5 Å². The molecule has 0 aliphatic carbocycles. The molecule has 2 heterocycles. The molecule has 1 aromatic carbocycles. The SMILES string of the molecule is CCN(CC)C(=O)C(C)Sc1nc2ccccc2c(=O)n1CC1CCCO1. The van der Waals surface area contributed by atoms with Crippen molar-refractivity contribution in [3.8, 4) is 0 Å². The van der Waals surface area contributed by atoms with Gasteiger partial charge >= 0.3 is 0 Å². The molecule has 6 nitrogen and oxygen atoms in total. The van der Waals surface area contributed by atoms with Crippen LogP contribution in [0.1, 0.15) is 33.6 Å². The Labute approximate surface area is 163 Å². The Hall–Kier alpha value is -1.86. The molecule has 0 N–H and O–H groups in total. The minimum atomic E-state index is -0.311. The van der Waals surface area contributed by atoms with Gasteiger partial charge in [-0.25, -0.2) is 4.98 Å². The van der Waals surface area contributed by atoms with E-state index in [9.17, 15) is 9.59 Å². The lowest BCUT2D eigenvalue weighted by Crippen LogP contribution is -2.37. The predicted molar refractivity (Wildman–Crippen MR) is 108 cm³/mol. The van der Waals surface area contributed by atoms with Crippen molar-refractivity contribution in [3.63, 3.8) is 0 Å². The highest BCUT2D eigenvalue weighted by Crippen LogP contribution is 2.25. The van der Waals surface area contributed by atoms with E-state index in [1.807, 2.05) is 39.0 Å². The fraction of sp³-hybridized carbons (Fsp3) is 0.550. The molecule has 3 rings (SSSR count). The van der Waals surface area contributed by atoms with Crippen molar-refractivity contribution in [3.05, 3.63) is 34.6 Å². The van der Waals surface area contributed by atoms with Crippen LogP contribution >= 0.6 is 11.8 Å². The number of benzene rings is 1. The number of amides is 1. The zero-order valence-corrected chi connectivity index (χ0v) is 17.0. The number of aromatic nitrogens is 2. The number of carbonyl (C=O) groups is 1. The molecule has 0 radical (unpaired) electrons. The maximum Gasteiger partial charge on any atom is 0.262 e. The Morgan fingerprint density at radius 3 is 2.78 bits per heavy atom. The van der Waals surface area contributed by atoms with Crippen molar-refractivity contribution in [2.75, 3.05) is 19.7 Å². The Kier molecular flexibility index (Phi) is 6.55. The van der Waals surface area contributed by atoms with Crippen LogP contribution in [0.25, 0.3) is 10.9 Å². The first kappa shape index (κ1) is 19.9. The lowest BCUT2D eigenvalue weighted by molar-refractivity contribution is -0.129. The van der Waals surface area contributed by atoms with E-state index in [-0.39, 0.29) is 22.8 Å². The minimum Gasteiger partial charge on any atom is -0.376 e. The minimum absolute atomic E-state index is 0.0267. The third-order valence-corrected chi connectivity index (χ3v) is 6.02. The van der Waals surface area contributed by atoms with Crippen LogP contribution in [0.5, 0.6) is 0 Å². The van der Waals surface area contributed by atoms with E-state index in [4.69, 9.17) is 9.72 Å². The van der Waals surface area contributed by atoms with Gasteiger partial charge in [-0.2, -0.15) is 0 Å². The number of ether oxygens (including phenoxy) is 1. The van der Waals surface area contributed by atoms with Gasteiger partial charge in [-0.3, -0.25) is 14.2 Å². The first-order valence-electron chi connectivity index (χ1n) is 9.61. The molecule has 7 heteroatoms. The van der Waals surface area contributed by atoms with Crippen LogP contribution in [-0.4, -0.2) is 51.4 Å². The number of thioether (sulfide) groups is 1. The van der Waals surface area contributed by atoms with Crippen LogP contribution < -0.4 is 5.56 Å². The zero-order chi connectivity index (χ0) is 19.4. The number of para-hydroxylation sites is 1. The maximum atomic E-state index is 13.1. The van der Waals surface area contributed by atoms with E-state index >= 15 is 0 Å². The van der Waals surface area contributed by atoms with Gasteiger partial charge in [-0.1, -0.05) is 23.9 Å². The first-order chi connectivity index (χ1) is 13.0. The number of nitrogens with zero attached hydrogens (tertiary/aromatic N) is 3. The second-order valence-electron chi connectivity index (χ2n) is 6.73.